The fourth-order valence-corrected chi connectivity index (χ4v) is 3.19. The van der Waals surface area contributed by atoms with E-state index in [1.54, 1.807) is 11.3 Å². The van der Waals surface area contributed by atoms with E-state index in [9.17, 15) is 0 Å². The predicted octanol–water partition coefficient (Wildman–Crippen LogP) is 2.94. The molecule has 2 aromatic heterocycles. The first-order chi connectivity index (χ1) is 8.25. The lowest BCUT2D eigenvalue weighted by atomic mass is 9.84. The maximum Gasteiger partial charge on any atom is 0.0963 e. The number of hydrogen-bond acceptors (Lipinski definition) is 4. The molecule has 0 saturated carbocycles. The monoisotopic (exact) mass is 243 g/mol. The van der Waals surface area contributed by atoms with Crippen LogP contribution in [0.5, 0.6) is 0 Å². The maximum atomic E-state index is 8.18. The van der Waals surface area contributed by atoms with Crippen LogP contribution in [0.25, 0.3) is 0 Å². The summed E-state index contributed by atoms with van der Waals surface area (Å²) in [7, 11) is 0. The molecule has 0 saturated heterocycles. The zero-order valence-electron chi connectivity index (χ0n) is 9.60. The van der Waals surface area contributed by atoms with Crippen LogP contribution in [-0.4, -0.2) is 15.7 Å². The van der Waals surface area contributed by atoms with Gasteiger partial charge in [0.05, 0.1) is 10.7 Å². The number of rotatable bonds is 1. The Bertz CT molecular complexity index is 560. The van der Waals surface area contributed by atoms with Crippen LogP contribution in [-0.2, 0) is 6.42 Å². The third-order valence-corrected chi connectivity index (χ3v) is 4.17. The van der Waals surface area contributed by atoms with Gasteiger partial charge in [0.15, 0.2) is 0 Å². The molecule has 1 unspecified atom stereocenters. The third-order valence-electron chi connectivity index (χ3n) is 3.23. The first-order valence-electron chi connectivity index (χ1n) is 5.67. The van der Waals surface area contributed by atoms with Gasteiger partial charge in [0.1, 0.15) is 0 Å². The Labute approximate surface area is 104 Å². The number of hydrogen-bond donors (Lipinski definition) is 1. The second-order valence-electron chi connectivity index (χ2n) is 4.40. The second kappa shape index (κ2) is 4.04. The summed E-state index contributed by atoms with van der Waals surface area (Å²) < 4.78 is 0. The molecule has 1 aliphatic rings. The quantitative estimate of drug-likeness (QED) is 0.837. The molecule has 1 atom stereocenters. The number of nitrogens with zero attached hydrogens (tertiary/aromatic N) is 2. The van der Waals surface area contributed by atoms with Crippen molar-refractivity contribution in [3.05, 3.63) is 45.7 Å². The highest BCUT2D eigenvalue weighted by Crippen LogP contribution is 2.33. The van der Waals surface area contributed by atoms with Crippen molar-refractivity contribution in [3.63, 3.8) is 0 Å². The van der Waals surface area contributed by atoms with Gasteiger partial charge >= 0.3 is 0 Å². The van der Waals surface area contributed by atoms with Gasteiger partial charge in [-0.25, -0.2) is 4.98 Å². The molecule has 0 bridgehead atoms. The van der Waals surface area contributed by atoms with Crippen molar-refractivity contribution in [2.24, 2.45) is 0 Å². The average molecular weight is 243 g/mol. The topological polar surface area (TPSA) is 49.6 Å². The normalized spacial score (nSPS) is 19.1. The van der Waals surface area contributed by atoms with Gasteiger partial charge in [-0.3, -0.25) is 4.98 Å². The van der Waals surface area contributed by atoms with Crippen LogP contribution >= 0.6 is 11.3 Å². The predicted molar refractivity (Wildman–Crippen MR) is 69.0 cm³/mol. The highest BCUT2D eigenvalue weighted by Gasteiger charge is 2.27. The maximum absolute atomic E-state index is 8.18. The molecule has 3 nitrogen and oxygen atoms in total. The van der Waals surface area contributed by atoms with Gasteiger partial charge in [-0.1, -0.05) is 0 Å². The summed E-state index contributed by atoms with van der Waals surface area (Å²) in [4.78, 5) is 8.79. The highest BCUT2D eigenvalue weighted by molar-refractivity contribution is 7.09. The van der Waals surface area contributed by atoms with Gasteiger partial charge in [-0.05, 0) is 31.4 Å². The summed E-state index contributed by atoms with van der Waals surface area (Å²) in [6.45, 7) is 2.05. The Balaban J connectivity index is 2.02. The fraction of sp³-hybridized carbons (Fsp3) is 0.308. The first kappa shape index (κ1) is 10.6. The van der Waals surface area contributed by atoms with Gasteiger partial charge < -0.3 is 5.41 Å². The van der Waals surface area contributed by atoms with Gasteiger partial charge in [-0.2, -0.15) is 0 Å². The molecule has 17 heavy (non-hydrogen) atoms. The average Bonchev–Trinajstić information content (AvgIpc) is 2.81. The second-order valence-corrected chi connectivity index (χ2v) is 5.33. The molecular formula is C13H13N3S. The minimum absolute atomic E-state index is 0.337. The summed E-state index contributed by atoms with van der Waals surface area (Å²) >= 11 is 1.67. The standard InChI is InChI=1S/C13H13N3S/c1-8-2-3-15-11-7-9(6-10(14)12(8)11)13-16-4-5-17-13/h2-5,9,14H,6-7H2,1H3. The summed E-state index contributed by atoms with van der Waals surface area (Å²) in [5, 5.41) is 11.3. The molecule has 0 aliphatic heterocycles. The number of aromatic nitrogens is 2. The molecule has 0 aromatic carbocycles. The Morgan fingerprint density at radius 3 is 2.94 bits per heavy atom. The van der Waals surface area contributed by atoms with Crippen molar-refractivity contribution in [2.45, 2.75) is 25.7 Å². The van der Waals surface area contributed by atoms with Crippen LogP contribution in [0.1, 0.15) is 34.2 Å². The van der Waals surface area contributed by atoms with Gasteiger partial charge in [0.25, 0.3) is 0 Å². The van der Waals surface area contributed by atoms with Crippen LogP contribution in [0.3, 0.4) is 0 Å². The van der Waals surface area contributed by atoms with Crippen molar-refractivity contribution in [1.82, 2.24) is 9.97 Å². The largest absolute Gasteiger partial charge is 0.305 e. The Morgan fingerprint density at radius 2 is 2.18 bits per heavy atom. The Kier molecular flexibility index (Phi) is 2.52. The molecule has 0 amide bonds. The van der Waals surface area contributed by atoms with Crippen LogP contribution in [0, 0.1) is 12.3 Å². The number of nitrogens with one attached hydrogen (secondary N) is 1. The molecule has 3 rings (SSSR count). The van der Waals surface area contributed by atoms with E-state index in [-0.39, 0.29) is 0 Å². The molecule has 2 heterocycles. The summed E-state index contributed by atoms with van der Waals surface area (Å²) in [6.07, 6.45) is 5.37. The van der Waals surface area contributed by atoms with Crippen LogP contribution in [0.4, 0.5) is 0 Å². The number of aryl methyl sites for hydroxylation is 1. The lowest BCUT2D eigenvalue weighted by Crippen LogP contribution is -2.21. The number of thiazole rings is 1. The van der Waals surface area contributed by atoms with E-state index in [4.69, 9.17) is 5.41 Å². The van der Waals surface area contributed by atoms with E-state index in [1.165, 1.54) is 0 Å². The van der Waals surface area contributed by atoms with Gasteiger partial charge in [0, 0.05) is 35.0 Å². The minimum Gasteiger partial charge on any atom is -0.305 e. The lowest BCUT2D eigenvalue weighted by Gasteiger charge is -2.24. The zero-order chi connectivity index (χ0) is 11.8. The molecule has 0 spiro atoms. The minimum atomic E-state index is 0.337. The Morgan fingerprint density at radius 1 is 1.29 bits per heavy atom. The van der Waals surface area contributed by atoms with E-state index in [0.29, 0.717) is 11.6 Å². The van der Waals surface area contributed by atoms with Crippen molar-refractivity contribution in [3.8, 4) is 0 Å². The van der Waals surface area contributed by atoms with Crippen molar-refractivity contribution in [2.75, 3.05) is 0 Å². The molecule has 86 valence electrons. The van der Waals surface area contributed by atoms with E-state index >= 15 is 0 Å². The number of pyridine rings is 1. The van der Waals surface area contributed by atoms with Gasteiger partial charge in [-0.15, -0.1) is 11.3 Å². The molecule has 0 fully saturated rings. The van der Waals surface area contributed by atoms with E-state index in [1.807, 2.05) is 23.8 Å². The molecule has 0 radical (unpaired) electrons. The molecule has 1 N–H and O–H groups in total. The molecule has 4 heteroatoms. The highest BCUT2D eigenvalue weighted by atomic mass is 32.1. The zero-order valence-corrected chi connectivity index (χ0v) is 10.4. The SMILES string of the molecule is Cc1ccnc2c1C(=N)CC(c1nccs1)C2. The van der Waals surface area contributed by atoms with E-state index in [2.05, 4.69) is 16.9 Å². The van der Waals surface area contributed by atoms with Crippen LogP contribution in [0.15, 0.2) is 23.8 Å². The lowest BCUT2D eigenvalue weighted by molar-refractivity contribution is 0.672. The van der Waals surface area contributed by atoms with Crippen molar-refractivity contribution >= 4 is 17.0 Å². The van der Waals surface area contributed by atoms with Crippen molar-refractivity contribution in [1.29, 1.82) is 5.41 Å². The third kappa shape index (κ3) is 1.78. The molecule has 2 aromatic rings. The van der Waals surface area contributed by atoms with Gasteiger partial charge in [0.2, 0.25) is 0 Å². The van der Waals surface area contributed by atoms with Crippen LogP contribution < -0.4 is 0 Å². The first-order valence-corrected chi connectivity index (χ1v) is 6.55. The van der Waals surface area contributed by atoms with Crippen LogP contribution in [0.2, 0.25) is 0 Å². The summed E-state index contributed by atoms with van der Waals surface area (Å²) in [5.74, 6) is 0.337. The fourth-order valence-electron chi connectivity index (χ4n) is 2.45. The number of fused-ring (bicyclic) bond motifs is 1. The smallest absolute Gasteiger partial charge is 0.0963 e. The van der Waals surface area contributed by atoms with E-state index < -0.39 is 0 Å². The Hall–Kier alpha value is -1.55. The summed E-state index contributed by atoms with van der Waals surface area (Å²) in [6, 6.07) is 1.98. The molecule has 1 aliphatic carbocycles. The van der Waals surface area contributed by atoms with Crippen molar-refractivity contribution < 1.29 is 0 Å². The van der Waals surface area contributed by atoms with E-state index in [0.717, 1.165) is 34.7 Å². The molecular weight excluding hydrogens is 230 g/mol. The summed E-state index contributed by atoms with van der Waals surface area (Å²) in [5.41, 5.74) is 3.98.